The van der Waals surface area contributed by atoms with Gasteiger partial charge in [-0.3, -0.25) is 4.79 Å². The second-order valence-corrected chi connectivity index (χ2v) is 4.67. The van der Waals surface area contributed by atoms with Crippen LogP contribution in [0.25, 0.3) is 0 Å². The zero-order valence-electron chi connectivity index (χ0n) is 10.2. The summed E-state index contributed by atoms with van der Waals surface area (Å²) in [5.41, 5.74) is 5.27. The molecule has 0 aliphatic carbocycles. The number of amides is 1. The van der Waals surface area contributed by atoms with Gasteiger partial charge in [0.1, 0.15) is 0 Å². The summed E-state index contributed by atoms with van der Waals surface area (Å²) in [7, 11) is 0. The van der Waals surface area contributed by atoms with Crippen LogP contribution in [0.4, 0.5) is 5.82 Å². The van der Waals surface area contributed by atoms with Crippen LogP contribution in [-0.2, 0) is 6.42 Å². The van der Waals surface area contributed by atoms with Crippen LogP contribution < -0.4 is 11.1 Å². The molecule has 2 heterocycles. The van der Waals surface area contributed by atoms with Crippen LogP contribution in [0.15, 0.2) is 17.8 Å². The molecule has 104 valence electrons. The van der Waals surface area contributed by atoms with Crippen LogP contribution in [0.3, 0.4) is 0 Å². The molecule has 0 radical (unpaired) electrons. The van der Waals surface area contributed by atoms with Crippen molar-refractivity contribution < 1.29 is 14.7 Å². The van der Waals surface area contributed by atoms with Gasteiger partial charge in [-0.2, -0.15) is 0 Å². The number of aromatic nitrogens is 3. The summed E-state index contributed by atoms with van der Waals surface area (Å²) in [4.78, 5) is 33.6. The number of aromatic carboxylic acids is 1. The summed E-state index contributed by atoms with van der Waals surface area (Å²) < 4.78 is 0. The lowest BCUT2D eigenvalue weighted by atomic mass is 10.3. The van der Waals surface area contributed by atoms with Crippen LogP contribution in [0.1, 0.15) is 26.0 Å². The molecule has 0 bridgehead atoms. The van der Waals surface area contributed by atoms with E-state index in [-0.39, 0.29) is 11.4 Å². The average Bonchev–Trinajstić information content (AvgIpc) is 2.88. The van der Waals surface area contributed by atoms with Crippen LogP contribution in [-0.4, -0.2) is 38.5 Å². The van der Waals surface area contributed by atoms with Crippen molar-refractivity contribution in [3.05, 3.63) is 34.2 Å². The van der Waals surface area contributed by atoms with Gasteiger partial charge in [0.15, 0.2) is 17.2 Å². The standard InChI is InChI=1S/C11H11N5O3S/c12-9(17)8-10(15-4-3-13-8)14-2-1-7-16-6(5-20-7)11(18)19/h3-5H,1-2H2,(H2,12,17)(H,14,15)(H,18,19). The molecular formula is C11H11N5O3S. The Balaban J connectivity index is 1.96. The number of thiazole rings is 1. The molecule has 2 aromatic rings. The van der Waals surface area contributed by atoms with E-state index in [1.807, 2.05) is 0 Å². The average molecular weight is 293 g/mol. The Kier molecular flexibility index (Phi) is 4.20. The Morgan fingerprint density at radius 1 is 1.35 bits per heavy atom. The van der Waals surface area contributed by atoms with E-state index in [9.17, 15) is 9.59 Å². The summed E-state index contributed by atoms with van der Waals surface area (Å²) >= 11 is 1.26. The highest BCUT2D eigenvalue weighted by atomic mass is 32.1. The molecule has 0 fully saturated rings. The van der Waals surface area contributed by atoms with Gasteiger partial charge in [0, 0.05) is 30.7 Å². The lowest BCUT2D eigenvalue weighted by Crippen LogP contribution is -2.18. The van der Waals surface area contributed by atoms with Crippen molar-refractivity contribution in [2.24, 2.45) is 5.73 Å². The third-order valence-electron chi connectivity index (χ3n) is 2.33. The lowest BCUT2D eigenvalue weighted by molar-refractivity contribution is 0.0691. The van der Waals surface area contributed by atoms with Gasteiger partial charge in [0.05, 0.1) is 5.01 Å². The predicted molar refractivity (Wildman–Crippen MR) is 71.8 cm³/mol. The first-order valence-electron chi connectivity index (χ1n) is 5.60. The maximum absolute atomic E-state index is 11.1. The SMILES string of the molecule is NC(=O)c1nccnc1NCCc1nc(C(=O)O)cs1. The molecule has 0 atom stereocenters. The van der Waals surface area contributed by atoms with Crippen molar-refractivity contribution in [2.75, 3.05) is 11.9 Å². The third-order valence-corrected chi connectivity index (χ3v) is 3.24. The van der Waals surface area contributed by atoms with E-state index in [4.69, 9.17) is 10.8 Å². The first-order valence-corrected chi connectivity index (χ1v) is 6.48. The van der Waals surface area contributed by atoms with E-state index < -0.39 is 11.9 Å². The van der Waals surface area contributed by atoms with E-state index in [1.165, 1.54) is 29.1 Å². The molecule has 4 N–H and O–H groups in total. The highest BCUT2D eigenvalue weighted by Crippen LogP contribution is 2.12. The smallest absolute Gasteiger partial charge is 0.355 e. The van der Waals surface area contributed by atoms with Gasteiger partial charge in [0.2, 0.25) is 0 Å². The molecule has 9 heteroatoms. The number of carboxylic acids is 1. The summed E-state index contributed by atoms with van der Waals surface area (Å²) in [6.07, 6.45) is 3.33. The molecule has 0 unspecified atom stereocenters. The van der Waals surface area contributed by atoms with Crippen molar-refractivity contribution in [3.63, 3.8) is 0 Å². The minimum atomic E-state index is -1.05. The fourth-order valence-corrected chi connectivity index (χ4v) is 2.23. The van der Waals surface area contributed by atoms with E-state index in [0.29, 0.717) is 23.8 Å². The highest BCUT2D eigenvalue weighted by Gasteiger charge is 2.11. The maximum Gasteiger partial charge on any atom is 0.355 e. The number of carboxylic acid groups (broad SMARTS) is 1. The molecule has 8 nitrogen and oxygen atoms in total. The molecule has 0 aromatic carbocycles. The maximum atomic E-state index is 11.1. The topological polar surface area (TPSA) is 131 Å². The highest BCUT2D eigenvalue weighted by molar-refractivity contribution is 7.09. The lowest BCUT2D eigenvalue weighted by Gasteiger charge is -2.06. The van der Waals surface area contributed by atoms with Crippen molar-refractivity contribution in [2.45, 2.75) is 6.42 Å². The molecule has 0 aliphatic rings. The van der Waals surface area contributed by atoms with Gasteiger partial charge in [-0.1, -0.05) is 0 Å². The number of nitrogens with two attached hydrogens (primary N) is 1. The largest absolute Gasteiger partial charge is 0.476 e. The van der Waals surface area contributed by atoms with Crippen molar-refractivity contribution in [1.29, 1.82) is 0 Å². The monoisotopic (exact) mass is 293 g/mol. The molecule has 0 saturated heterocycles. The van der Waals surface area contributed by atoms with E-state index in [1.54, 1.807) is 0 Å². The molecule has 0 spiro atoms. The van der Waals surface area contributed by atoms with Crippen LogP contribution >= 0.6 is 11.3 Å². The number of primary amides is 1. The number of carbonyl (C=O) groups excluding carboxylic acids is 1. The fraction of sp³-hybridized carbons (Fsp3) is 0.182. The van der Waals surface area contributed by atoms with Gasteiger partial charge in [-0.25, -0.2) is 19.7 Å². The molecule has 0 saturated carbocycles. The van der Waals surface area contributed by atoms with E-state index in [2.05, 4.69) is 20.3 Å². The zero-order chi connectivity index (χ0) is 14.5. The van der Waals surface area contributed by atoms with Crippen molar-refractivity contribution in [1.82, 2.24) is 15.0 Å². The summed E-state index contributed by atoms with van der Waals surface area (Å²) in [5, 5.41) is 13.8. The molecule has 1 amide bonds. The summed E-state index contributed by atoms with van der Waals surface area (Å²) in [6.45, 7) is 0.436. The molecule has 2 rings (SSSR count). The number of carbonyl (C=O) groups is 2. The van der Waals surface area contributed by atoms with Crippen LogP contribution in [0.5, 0.6) is 0 Å². The Morgan fingerprint density at radius 3 is 2.75 bits per heavy atom. The first-order chi connectivity index (χ1) is 9.58. The summed E-state index contributed by atoms with van der Waals surface area (Å²) in [6, 6.07) is 0. The van der Waals surface area contributed by atoms with Crippen molar-refractivity contribution >= 4 is 29.0 Å². The number of nitrogens with zero attached hydrogens (tertiary/aromatic N) is 3. The fourth-order valence-electron chi connectivity index (χ4n) is 1.46. The Morgan fingerprint density at radius 2 is 2.10 bits per heavy atom. The van der Waals surface area contributed by atoms with Gasteiger partial charge < -0.3 is 16.2 Å². The number of nitrogens with one attached hydrogen (secondary N) is 1. The van der Waals surface area contributed by atoms with Gasteiger partial charge in [-0.05, 0) is 0 Å². The van der Waals surface area contributed by atoms with E-state index >= 15 is 0 Å². The van der Waals surface area contributed by atoms with Crippen LogP contribution in [0, 0.1) is 0 Å². The van der Waals surface area contributed by atoms with E-state index in [0.717, 1.165) is 0 Å². The van der Waals surface area contributed by atoms with Crippen LogP contribution in [0.2, 0.25) is 0 Å². The number of rotatable bonds is 6. The molecule has 0 aliphatic heterocycles. The van der Waals surface area contributed by atoms with Gasteiger partial charge in [0.25, 0.3) is 5.91 Å². The second-order valence-electron chi connectivity index (χ2n) is 3.73. The molecule has 2 aromatic heterocycles. The summed E-state index contributed by atoms with van der Waals surface area (Å²) in [5.74, 6) is -1.41. The number of anilines is 1. The predicted octanol–water partition coefficient (Wildman–Crippen LogP) is 0.385. The molecular weight excluding hydrogens is 282 g/mol. The Hall–Kier alpha value is -2.55. The van der Waals surface area contributed by atoms with Gasteiger partial charge >= 0.3 is 5.97 Å². The first kappa shape index (κ1) is 13.9. The van der Waals surface area contributed by atoms with Crippen molar-refractivity contribution in [3.8, 4) is 0 Å². The minimum Gasteiger partial charge on any atom is -0.476 e. The third kappa shape index (κ3) is 3.26. The minimum absolute atomic E-state index is 0.0299. The molecule has 20 heavy (non-hydrogen) atoms. The normalized spacial score (nSPS) is 10.2. The number of hydrogen-bond acceptors (Lipinski definition) is 7. The number of hydrogen-bond donors (Lipinski definition) is 3. The quantitative estimate of drug-likeness (QED) is 0.701. The Bertz CT molecular complexity index is 642. The van der Waals surface area contributed by atoms with Gasteiger partial charge in [-0.15, -0.1) is 11.3 Å². The zero-order valence-corrected chi connectivity index (χ0v) is 11.1. The Labute approximate surface area is 117 Å². The second kappa shape index (κ2) is 6.06.